The van der Waals surface area contributed by atoms with Crippen LogP contribution in [0.3, 0.4) is 0 Å². The summed E-state index contributed by atoms with van der Waals surface area (Å²) in [6, 6.07) is 5.70. The van der Waals surface area contributed by atoms with Gasteiger partial charge in [-0.25, -0.2) is 0 Å². The number of ether oxygens (including phenoxy) is 1. The molecule has 0 saturated carbocycles. The minimum Gasteiger partial charge on any atom is -0.496 e. The third-order valence-electron chi connectivity index (χ3n) is 3.90. The molecule has 0 aromatic heterocycles. The minimum absolute atomic E-state index is 0.102. The van der Waals surface area contributed by atoms with Crippen molar-refractivity contribution in [3.63, 3.8) is 0 Å². The molecule has 3 N–H and O–H groups in total. The minimum atomic E-state index is 0.102. The van der Waals surface area contributed by atoms with Gasteiger partial charge in [0.25, 0.3) is 0 Å². The van der Waals surface area contributed by atoms with Crippen molar-refractivity contribution in [2.75, 3.05) is 39.8 Å². The number of likely N-dealkylation sites (N-methyl/N-ethyl adjacent to an activating group) is 1. The van der Waals surface area contributed by atoms with Crippen LogP contribution >= 0.6 is 0 Å². The van der Waals surface area contributed by atoms with E-state index in [0.717, 1.165) is 56.1 Å². The maximum absolute atomic E-state index is 7.55. The van der Waals surface area contributed by atoms with Crippen molar-refractivity contribution in [3.05, 3.63) is 29.3 Å². The molecule has 110 valence electrons. The van der Waals surface area contributed by atoms with Gasteiger partial charge in [-0.1, -0.05) is 6.92 Å². The zero-order valence-corrected chi connectivity index (χ0v) is 12.4. The predicted octanol–water partition coefficient (Wildman–Crippen LogP) is 1.12. The van der Waals surface area contributed by atoms with Crippen LogP contribution in [-0.4, -0.2) is 55.5 Å². The van der Waals surface area contributed by atoms with Crippen molar-refractivity contribution in [1.29, 1.82) is 5.41 Å². The first-order chi connectivity index (χ1) is 9.63. The summed E-state index contributed by atoms with van der Waals surface area (Å²) in [7, 11) is 1.68. The second kappa shape index (κ2) is 6.72. The van der Waals surface area contributed by atoms with E-state index in [1.54, 1.807) is 7.11 Å². The van der Waals surface area contributed by atoms with Gasteiger partial charge >= 0.3 is 0 Å². The maximum atomic E-state index is 7.55. The molecule has 0 unspecified atom stereocenters. The standard InChI is InChI=1S/C15H24N4O/c1-3-18-6-8-19(9-7-18)11-13-10-12(15(16)17)4-5-14(13)20-2/h4-5,10H,3,6-9,11H2,1-2H3,(H3,16,17). The molecule has 0 aliphatic carbocycles. The van der Waals surface area contributed by atoms with E-state index in [2.05, 4.69) is 16.7 Å². The van der Waals surface area contributed by atoms with Crippen LogP contribution in [0.2, 0.25) is 0 Å². The van der Waals surface area contributed by atoms with Crippen LogP contribution in [0.4, 0.5) is 0 Å². The van der Waals surface area contributed by atoms with E-state index < -0.39 is 0 Å². The monoisotopic (exact) mass is 276 g/mol. The van der Waals surface area contributed by atoms with Gasteiger partial charge in [-0.2, -0.15) is 0 Å². The molecular formula is C15H24N4O. The van der Waals surface area contributed by atoms with Gasteiger partial charge in [-0.15, -0.1) is 0 Å². The molecule has 0 amide bonds. The fraction of sp³-hybridized carbons (Fsp3) is 0.533. The lowest BCUT2D eigenvalue weighted by molar-refractivity contribution is 0.131. The number of nitrogens with zero attached hydrogens (tertiary/aromatic N) is 2. The topological polar surface area (TPSA) is 65.6 Å². The molecule has 0 bridgehead atoms. The molecule has 20 heavy (non-hydrogen) atoms. The van der Waals surface area contributed by atoms with Crippen molar-refractivity contribution in [1.82, 2.24) is 9.80 Å². The Morgan fingerprint density at radius 3 is 2.45 bits per heavy atom. The van der Waals surface area contributed by atoms with Gasteiger partial charge in [0.2, 0.25) is 0 Å². The lowest BCUT2D eigenvalue weighted by Crippen LogP contribution is -2.45. The lowest BCUT2D eigenvalue weighted by Gasteiger charge is -2.34. The van der Waals surface area contributed by atoms with E-state index >= 15 is 0 Å². The normalized spacial score (nSPS) is 17.1. The number of methoxy groups -OCH3 is 1. The first kappa shape index (κ1) is 14.8. The van der Waals surface area contributed by atoms with Gasteiger partial charge in [0.05, 0.1) is 7.11 Å². The molecule has 5 nitrogen and oxygen atoms in total. The summed E-state index contributed by atoms with van der Waals surface area (Å²) in [6.07, 6.45) is 0. The second-order valence-corrected chi connectivity index (χ2v) is 5.15. The maximum Gasteiger partial charge on any atom is 0.123 e. The van der Waals surface area contributed by atoms with Crippen LogP contribution in [0.15, 0.2) is 18.2 Å². The summed E-state index contributed by atoms with van der Waals surface area (Å²) >= 11 is 0. The van der Waals surface area contributed by atoms with Crippen molar-refractivity contribution in [3.8, 4) is 5.75 Å². The first-order valence-corrected chi connectivity index (χ1v) is 7.10. The van der Waals surface area contributed by atoms with Gasteiger partial charge in [0.1, 0.15) is 11.6 Å². The van der Waals surface area contributed by atoms with Gasteiger partial charge in [0, 0.05) is 43.9 Å². The van der Waals surface area contributed by atoms with Crippen LogP contribution < -0.4 is 10.5 Å². The van der Waals surface area contributed by atoms with E-state index in [0.29, 0.717) is 0 Å². The highest BCUT2D eigenvalue weighted by molar-refractivity contribution is 5.95. The number of nitrogens with one attached hydrogen (secondary N) is 1. The Labute approximate surface area is 120 Å². The number of amidine groups is 1. The summed E-state index contributed by atoms with van der Waals surface area (Å²) in [4.78, 5) is 4.88. The zero-order chi connectivity index (χ0) is 14.5. The van der Waals surface area contributed by atoms with Crippen LogP contribution in [0.5, 0.6) is 5.75 Å². The smallest absolute Gasteiger partial charge is 0.123 e. The van der Waals surface area contributed by atoms with Gasteiger partial charge in [0.15, 0.2) is 0 Å². The zero-order valence-electron chi connectivity index (χ0n) is 12.4. The molecular weight excluding hydrogens is 252 g/mol. The molecule has 1 aromatic rings. The van der Waals surface area contributed by atoms with Crippen molar-refractivity contribution in [2.24, 2.45) is 5.73 Å². The Morgan fingerprint density at radius 2 is 1.90 bits per heavy atom. The average Bonchev–Trinajstić information content (AvgIpc) is 2.48. The van der Waals surface area contributed by atoms with Crippen molar-refractivity contribution < 1.29 is 4.74 Å². The van der Waals surface area contributed by atoms with Crippen LogP contribution in [-0.2, 0) is 6.54 Å². The largest absolute Gasteiger partial charge is 0.496 e. The molecule has 0 spiro atoms. The third-order valence-corrected chi connectivity index (χ3v) is 3.90. The molecule has 1 fully saturated rings. The second-order valence-electron chi connectivity index (χ2n) is 5.15. The Bertz CT molecular complexity index is 467. The van der Waals surface area contributed by atoms with Crippen molar-refractivity contribution in [2.45, 2.75) is 13.5 Å². The first-order valence-electron chi connectivity index (χ1n) is 7.10. The van der Waals surface area contributed by atoms with E-state index in [4.69, 9.17) is 15.9 Å². The van der Waals surface area contributed by atoms with Crippen LogP contribution in [0.1, 0.15) is 18.1 Å². The molecule has 1 saturated heterocycles. The number of rotatable bonds is 5. The summed E-state index contributed by atoms with van der Waals surface area (Å²) in [5, 5.41) is 7.55. The summed E-state index contributed by atoms with van der Waals surface area (Å²) in [6.45, 7) is 8.55. The van der Waals surface area contributed by atoms with E-state index in [-0.39, 0.29) is 5.84 Å². The number of hydrogen-bond donors (Lipinski definition) is 2. The summed E-state index contributed by atoms with van der Waals surface area (Å²) in [5.74, 6) is 0.970. The van der Waals surface area contributed by atoms with E-state index in [9.17, 15) is 0 Å². The number of benzene rings is 1. The molecule has 5 heteroatoms. The molecule has 0 radical (unpaired) electrons. The summed E-state index contributed by atoms with van der Waals surface area (Å²) < 4.78 is 5.42. The molecule has 1 aliphatic heterocycles. The van der Waals surface area contributed by atoms with Gasteiger partial charge in [-0.3, -0.25) is 10.3 Å². The fourth-order valence-corrected chi connectivity index (χ4v) is 2.57. The lowest BCUT2D eigenvalue weighted by atomic mass is 10.1. The van der Waals surface area contributed by atoms with E-state index in [1.165, 1.54) is 0 Å². The summed E-state index contributed by atoms with van der Waals surface area (Å²) in [5.41, 5.74) is 7.43. The average molecular weight is 276 g/mol. The predicted molar refractivity (Wildman–Crippen MR) is 81.4 cm³/mol. The number of piperazine rings is 1. The Balaban J connectivity index is 2.08. The fourth-order valence-electron chi connectivity index (χ4n) is 2.57. The Hall–Kier alpha value is -1.59. The number of hydrogen-bond acceptors (Lipinski definition) is 4. The molecule has 2 rings (SSSR count). The Morgan fingerprint density at radius 1 is 1.25 bits per heavy atom. The Kier molecular flexibility index (Phi) is 4.98. The SMILES string of the molecule is CCN1CCN(Cc2cc(C(=N)N)ccc2OC)CC1. The third kappa shape index (κ3) is 3.49. The van der Waals surface area contributed by atoms with E-state index in [1.807, 2.05) is 18.2 Å². The number of nitrogen functional groups attached to an aromatic ring is 1. The molecule has 0 atom stereocenters. The van der Waals surface area contributed by atoms with Crippen molar-refractivity contribution >= 4 is 5.84 Å². The van der Waals surface area contributed by atoms with Crippen LogP contribution in [0, 0.1) is 5.41 Å². The molecule has 1 heterocycles. The highest BCUT2D eigenvalue weighted by Crippen LogP contribution is 2.22. The molecule has 1 aliphatic rings. The quantitative estimate of drug-likeness (QED) is 0.625. The molecule has 1 aromatic carbocycles. The highest BCUT2D eigenvalue weighted by Gasteiger charge is 2.17. The van der Waals surface area contributed by atoms with Crippen LogP contribution in [0.25, 0.3) is 0 Å². The van der Waals surface area contributed by atoms with Gasteiger partial charge < -0.3 is 15.4 Å². The highest BCUT2D eigenvalue weighted by atomic mass is 16.5. The van der Waals surface area contributed by atoms with Gasteiger partial charge in [-0.05, 0) is 24.7 Å². The number of nitrogens with two attached hydrogens (primary N) is 1.